The molecule has 0 atom stereocenters. The fourth-order valence-electron chi connectivity index (χ4n) is 1.53. The quantitative estimate of drug-likeness (QED) is 0.928. The molecule has 2 aromatic rings. The Hall–Kier alpha value is -1.14. The first kappa shape index (κ1) is 15.3. The molecule has 0 amide bonds. The van der Waals surface area contributed by atoms with Crippen LogP contribution in [0.1, 0.15) is 5.56 Å². The van der Waals surface area contributed by atoms with Gasteiger partial charge < -0.3 is 0 Å². The lowest BCUT2D eigenvalue weighted by atomic mass is 10.2. The van der Waals surface area contributed by atoms with Gasteiger partial charge in [-0.2, -0.15) is 0 Å². The lowest BCUT2D eigenvalue weighted by Gasteiger charge is -2.08. The van der Waals surface area contributed by atoms with Gasteiger partial charge >= 0.3 is 0 Å². The predicted molar refractivity (Wildman–Crippen MR) is 76.9 cm³/mol. The second-order valence-electron chi connectivity index (χ2n) is 4.01. The Balaban J connectivity index is 2.15. The van der Waals surface area contributed by atoms with Gasteiger partial charge in [-0.1, -0.05) is 29.3 Å². The van der Waals surface area contributed by atoms with Gasteiger partial charge in [0.2, 0.25) is 10.0 Å². The molecule has 106 valence electrons. The molecule has 0 saturated heterocycles. The van der Waals surface area contributed by atoms with E-state index in [0.29, 0.717) is 15.6 Å². The average molecular weight is 334 g/mol. The van der Waals surface area contributed by atoms with Crippen LogP contribution in [0.4, 0.5) is 4.39 Å². The molecule has 2 aromatic carbocycles. The van der Waals surface area contributed by atoms with E-state index in [1.165, 1.54) is 18.2 Å². The minimum absolute atomic E-state index is 0.0102. The van der Waals surface area contributed by atoms with Crippen LogP contribution in [0, 0.1) is 5.82 Å². The van der Waals surface area contributed by atoms with Crippen LogP contribution in [0.5, 0.6) is 0 Å². The third kappa shape index (κ3) is 3.70. The van der Waals surface area contributed by atoms with Crippen molar-refractivity contribution in [2.75, 3.05) is 0 Å². The van der Waals surface area contributed by atoms with Crippen molar-refractivity contribution in [1.82, 2.24) is 4.72 Å². The van der Waals surface area contributed by atoms with Gasteiger partial charge in [-0.15, -0.1) is 0 Å². The minimum Gasteiger partial charge on any atom is -0.207 e. The molecule has 0 bridgehead atoms. The van der Waals surface area contributed by atoms with Crippen molar-refractivity contribution >= 4 is 33.2 Å². The van der Waals surface area contributed by atoms with Crippen molar-refractivity contribution in [3.8, 4) is 0 Å². The van der Waals surface area contributed by atoms with Crippen molar-refractivity contribution in [3.05, 3.63) is 63.9 Å². The van der Waals surface area contributed by atoms with Crippen molar-refractivity contribution < 1.29 is 12.8 Å². The molecule has 0 heterocycles. The standard InChI is InChI=1S/C13H10Cl2FNO2S/c14-10-2-1-9(13(15)7-10)8-17-20(18,19)12-5-3-11(16)4-6-12/h1-7,17H,8H2. The second-order valence-corrected chi connectivity index (χ2v) is 6.62. The maximum Gasteiger partial charge on any atom is 0.240 e. The van der Waals surface area contributed by atoms with Crippen molar-refractivity contribution in [2.45, 2.75) is 11.4 Å². The second kappa shape index (κ2) is 6.10. The summed E-state index contributed by atoms with van der Waals surface area (Å²) in [4.78, 5) is -0.0102. The van der Waals surface area contributed by atoms with E-state index in [9.17, 15) is 12.8 Å². The van der Waals surface area contributed by atoms with Gasteiger partial charge in [-0.05, 0) is 42.0 Å². The summed E-state index contributed by atoms with van der Waals surface area (Å²) in [7, 11) is -3.71. The molecule has 20 heavy (non-hydrogen) atoms. The maximum atomic E-state index is 12.8. The monoisotopic (exact) mass is 333 g/mol. The molecule has 0 aromatic heterocycles. The highest BCUT2D eigenvalue weighted by molar-refractivity contribution is 7.89. The number of nitrogens with one attached hydrogen (secondary N) is 1. The number of sulfonamides is 1. The Labute approximate surface area is 126 Å². The summed E-state index contributed by atoms with van der Waals surface area (Å²) >= 11 is 11.7. The van der Waals surface area contributed by atoms with Crippen LogP contribution in [0.25, 0.3) is 0 Å². The lowest BCUT2D eigenvalue weighted by molar-refractivity contribution is 0.580. The van der Waals surface area contributed by atoms with Crippen molar-refractivity contribution in [3.63, 3.8) is 0 Å². The Morgan fingerprint density at radius 1 is 1.05 bits per heavy atom. The normalized spacial score (nSPS) is 11.6. The molecule has 7 heteroatoms. The van der Waals surface area contributed by atoms with Gasteiger partial charge in [-0.25, -0.2) is 17.5 Å². The highest BCUT2D eigenvalue weighted by Gasteiger charge is 2.14. The van der Waals surface area contributed by atoms with Crippen molar-refractivity contribution in [1.29, 1.82) is 0 Å². The van der Waals surface area contributed by atoms with Crippen LogP contribution in [0.2, 0.25) is 10.0 Å². The predicted octanol–water partition coefficient (Wildman–Crippen LogP) is 3.61. The van der Waals surface area contributed by atoms with E-state index in [4.69, 9.17) is 23.2 Å². The zero-order valence-electron chi connectivity index (χ0n) is 10.1. The summed E-state index contributed by atoms with van der Waals surface area (Å²) in [6.07, 6.45) is 0. The average Bonchev–Trinajstić information content (AvgIpc) is 2.38. The van der Waals surface area contributed by atoms with Gasteiger partial charge in [0.05, 0.1) is 4.90 Å². The van der Waals surface area contributed by atoms with E-state index in [1.807, 2.05) is 0 Å². The van der Waals surface area contributed by atoms with Gasteiger partial charge in [-0.3, -0.25) is 0 Å². The zero-order valence-corrected chi connectivity index (χ0v) is 12.4. The summed E-state index contributed by atoms with van der Waals surface area (Å²) in [6, 6.07) is 9.35. The topological polar surface area (TPSA) is 46.2 Å². The Morgan fingerprint density at radius 3 is 2.30 bits per heavy atom. The van der Waals surface area contributed by atoms with Gasteiger partial charge in [0.15, 0.2) is 0 Å². The third-order valence-electron chi connectivity index (χ3n) is 2.59. The van der Waals surface area contributed by atoms with E-state index >= 15 is 0 Å². The van der Waals surface area contributed by atoms with E-state index in [2.05, 4.69) is 4.72 Å². The smallest absolute Gasteiger partial charge is 0.207 e. The van der Waals surface area contributed by atoms with E-state index in [1.54, 1.807) is 12.1 Å². The molecule has 0 aliphatic carbocycles. The molecule has 0 aliphatic heterocycles. The fourth-order valence-corrected chi connectivity index (χ4v) is 3.02. The molecule has 3 nitrogen and oxygen atoms in total. The fraction of sp³-hybridized carbons (Fsp3) is 0.0769. The Kier molecular flexibility index (Phi) is 4.65. The molecule has 1 N–H and O–H groups in total. The summed E-state index contributed by atoms with van der Waals surface area (Å²) < 4.78 is 39.1. The summed E-state index contributed by atoms with van der Waals surface area (Å²) in [6.45, 7) is 0.0235. The highest BCUT2D eigenvalue weighted by atomic mass is 35.5. The molecule has 0 spiro atoms. The van der Waals surface area contributed by atoms with Gasteiger partial charge in [0.25, 0.3) is 0 Å². The highest BCUT2D eigenvalue weighted by Crippen LogP contribution is 2.21. The van der Waals surface area contributed by atoms with Crippen molar-refractivity contribution in [2.24, 2.45) is 0 Å². The van der Waals surface area contributed by atoms with Gasteiger partial charge in [0, 0.05) is 16.6 Å². The number of benzene rings is 2. The first-order valence-corrected chi connectivity index (χ1v) is 7.81. The minimum atomic E-state index is -3.71. The van der Waals surface area contributed by atoms with Crippen LogP contribution in [0.3, 0.4) is 0 Å². The summed E-state index contributed by atoms with van der Waals surface area (Å²) in [5, 5.41) is 0.847. The molecule has 0 aliphatic rings. The molecule has 0 saturated carbocycles. The van der Waals surface area contributed by atoms with Crippen LogP contribution < -0.4 is 4.72 Å². The number of rotatable bonds is 4. The Morgan fingerprint density at radius 2 is 1.70 bits per heavy atom. The largest absolute Gasteiger partial charge is 0.240 e. The first-order valence-electron chi connectivity index (χ1n) is 5.58. The first-order chi connectivity index (χ1) is 9.38. The third-order valence-corrected chi connectivity index (χ3v) is 4.60. The molecular weight excluding hydrogens is 324 g/mol. The number of halogens is 3. The van der Waals surface area contributed by atoms with Crippen LogP contribution in [0.15, 0.2) is 47.4 Å². The summed E-state index contributed by atoms with van der Waals surface area (Å²) in [5.74, 6) is -0.496. The molecule has 2 rings (SSSR count). The number of hydrogen-bond acceptors (Lipinski definition) is 2. The molecule has 0 radical (unpaired) electrons. The zero-order chi connectivity index (χ0) is 14.8. The van der Waals surface area contributed by atoms with Crippen LogP contribution in [-0.4, -0.2) is 8.42 Å². The van der Waals surface area contributed by atoms with Crippen LogP contribution >= 0.6 is 23.2 Å². The molecular formula is C13H10Cl2FNO2S. The Bertz CT molecular complexity index is 718. The SMILES string of the molecule is O=S(=O)(NCc1ccc(Cl)cc1Cl)c1ccc(F)cc1. The van der Waals surface area contributed by atoms with E-state index in [0.717, 1.165) is 12.1 Å². The molecule has 0 unspecified atom stereocenters. The molecule has 0 fully saturated rings. The lowest BCUT2D eigenvalue weighted by Crippen LogP contribution is -2.23. The van der Waals surface area contributed by atoms with Gasteiger partial charge in [0.1, 0.15) is 5.82 Å². The van der Waals surface area contributed by atoms with Crippen LogP contribution in [-0.2, 0) is 16.6 Å². The number of hydrogen-bond donors (Lipinski definition) is 1. The summed E-state index contributed by atoms with van der Waals surface area (Å²) in [5.41, 5.74) is 0.599. The maximum absolute atomic E-state index is 12.8. The van der Waals surface area contributed by atoms with E-state index in [-0.39, 0.29) is 11.4 Å². The van der Waals surface area contributed by atoms with E-state index < -0.39 is 15.8 Å².